The number of rotatable bonds is 3. The number of hydrogen-bond donors (Lipinski definition) is 1. The van der Waals surface area contributed by atoms with Crippen LogP contribution in [0.15, 0.2) is 28.5 Å². The van der Waals surface area contributed by atoms with Crippen LogP contribution in [-0.2, 0) is 4.79 Å². The molecule has 0 spiro atoms. The quantitative estimate of drug-likeness (QED) is 0.738. The molecule has 1 N–H and O–H groups in total. The minimum Gasteiger partial charge on any atom is -0.322 e. The Kier molecular flexibility index (Phi) is 3.71. The molecule has 1 aromatic rings. The first-order valence-electron chi connectivity index (χ1n) is 4.26. The summed E-state index contributed by atoms with van der Waals surface area (Å²) in [4.78, 5) is 11.5. The maximum atomic E-state index is 11.5. The average Bonchev–Trinajstić information content (AvgIpc) is 2.59. The standard InChI is InChI=1S/C10H13NOS/c1-3-8(4-2)10(12)11-9-5-6-13-7-9/h3,5-7H,4H2,1-2H3,(H,11,12)/b8-3-. The Hall–Kier alpha value is -1.09. The van der Waals surface area contributed by atoms with Crippen molar-refractivity contribution in [1.82, 2.24) is 0 Å². The molecule has 0 aliphatic rings. The van der Waals surface area contributed by atoms with Crippen LogP contribution in [0, 0.1) is 0 Å². The predicted octanol–water partition coefficient (Wildman–Crippen LogP) is 3.04. The molecule has 0 saturated heterocycles. The third-order valence-electron chi connectivity index (χ3n) is 1.80. The number of anilines is 1. The van der Waals surface area contributed by atoms with Gasteiger partial charge in [0.25, 0.3) is 5.91 Å². The fourth-order valence-electron chi connectivity index (χ4n) is 1.04. The van der Waals surface area contributed by atoms with Crippen molar-refractivity contribution in [2.24, 2.45) is 0 Å². The molecule has 1 aromatic heterocycles. The van der Waals surface area contributed by atoms with Crippen LogP contribution in [0.5, 0.6) is 0 Å². The maximum absolute atomic E-state index is 11.5. The molecule has 1 heterocycles. The van der Waals surface area contributed by atoms with Gasteiger partial charge in [-0.2, -0.15) is 11.3 Å². The molecular formula is C10H13NOS. The summed E-state index contributed by atoms with van der Waals surface area (Å²) in [5, 5.41) is 6.69. The van der Waals surface area contributed by atoms with Crippen LogP contribution in [0.25, 0.3) is 0 Å². The number of allylic oxidation sites excluding steroid dienone is 1. The molecule has 0 atom stereocenters. The van der Waals surface area contributed by atoms with Gasteiger partial charge in [0.2, 0.25) is 0 Å². The maximum Gasteiger partial charge on any atom is 0.251 e. The highest BCUT2D eigenvalue weighted by molar-refractivity contribution is 7.08. The third-order valence-corrected chi connectivity index (χ3v) is 2.48. The largest absolute Gasteiger partial charge is 0.322 e. The van der Waals surface area contributed by atoms with E-state index in [4.69, 9.17) is 0 Å². The van der Waals surface area contributed by atoms with E-state index in [1.54, 1.807) is 11.3 Å². The van der Waals surface area contributed by atoms with Crippen molar-refractivity contribution >= 4 is 22.9 Å². The molecule has 13 heavy (non-hydrogen) atoms. The van der Waals surface area contributed by atoms with Crippen LogP contribution in [-0.4, -0.2) is 5.91 Å². The Morgan fingerprint density at radius 3 is 2.92 bits per heavy atom. The monoisotopic (exact) mass is 195 g/mol. The highest BCUT2D eigenvalue weighted by atomic mass is 32.1. The number of carbonyl (C=O) groups is 1. The van der Waals surface area contributed by atoms with E-state index in [0.29, 0.717) is 0 Å². The van der Waals surface area contributed by atoms with Gasteiger partial charge < -0.3 is 5.32 Å². The number of nitrogens with one attached hydrogen (secondary N) is 1. The van der Waals surface area contributed by atoms with Crippen LogP contribution < -0.4 is 5.32 Å². The van der Waals surface area contributed by atoms with E-state index in [9.17, 15) is 4.79 Å². The van der Waals surface area contributed by atoms with E-state index in [1.807, 2.05) is 36.7 Å². The summed E-state index contributed by atoms with van der Waals surface area (Å²) in [5.74, 6) is 0.00315. The third kappa shape index (κ3) is 2.70. The van der Waals surface area contributed by atoms with E-state index in [2.05, 4.69) is 5.32 Å². The Morgan fingerprint density at radius 2 is 2.46 bits per heavy atom. The van der Waals surface area contributed by atoms with E-state index < -0.39 is 0 Å². The molecule has 3 heteroatoms. The first-order chi connectivity index (χ1) is 6.27. The molecule has 0 radical (unpaired) electrons. The van der Waals surface area contributed by atoms with Gasteiger partial charge in [-0.3, -0.25) is 4.79 Å². The molecule has 70 valence electrons. The molecule has 0 unspecified atom stereocenters. The fourth-order valence-corrected chi connectivity index (χ4v) is 1.63. The predicted molar refractivity (Wildman–Crippen MR) is 57.0 cm³/mol. The van der Waals surface area contributed by atoms with Crippen LogP contribution >= 0.6 is 11.3 Å². The molecule has 0 bridgehead atoms. The lowest BCUT2D eigenvalue weighted by Gasteiger charge is -2.03. The fraction of sp³-hybridized carbons (Fsp3) is 0.300. The molecule has 1 amide bonds. The van der Waals surface area contributed by atoms with Crippen LogP contribution in [0.3, 0.4) is 0 Å². The van der Waals surface area contributed by atoms with Crippen LogP contribution in [0.2, 0.25) is 0 Å². The van der Waals surface area contributed by atoms with E-state index in [1.165, 1.54) is 0 Å². The first-order valence-corrected chi connectivity index (χ1v) is 5.21. The highest BCUT2D eigenvalue weighted by Crippen LogP contribution is 2.13. The van der Waals surface area contributed by atoms with E-state index >= 15 is 0 Å². The molecule has 0 saturated carbocycles. The smallest absolute Gasteiger partial charge is 0.251 e. The van der Waals surface area contributed by atoms with Gasteiger partial charge >= 0.3 is 0 Å². The summed E-state index contributed by atoms with van der Waals surface area (Å²) in [7, 11) is 0. The SMILES string of the molecule is C/C=C(/CC)C(=O)Nc1ccsc1. The van der Waals surface area contributed by atoms with Crippen molar-refractivity contribution in [3.63, 3.8) is 0 Å². The lowest BCUT2D eigenvalue weighted by molar-refractivity contribution is -0.113. The van der Waals surface area contributed by atoms with Gasteiger partial charge in [-0.1, -0.05) is 13.0 Å². The van der Waals surface area contributed by atoms with Crippen LogP contribution in [0.1, 0.15) is 20.3 Å². The van der Waals surface area contributed by atoms with Crippen molar-refractivity contribution in [3.8, 4) is 0 Å². The van der Waals surface area contributed by atoms with Crippen molar-refractivity contribution in [3.05, 3.63) is 28.5 Å². The molecule has 1 rings (SSSR count). The molecule has 0 aliphatic carbocycles. The molecule has 0 aromatic carbocycles. The van der Waals surface area contributed by atoms with Gasteiger partial charge in [-0.15, -0.1) is 0 Å². The summed E-state index contributed by atoms with van der Waals surface area (Å²) in [6.45, 7) is 3.86. The van der Waals surface area contributed by atoms with Gasteiger partial charge in [0.1, 0.15) is 0 Å². The van der Waals surface area contributed by atoms with Gasteiger partial charge in [0.15, 0.2) is 0 Å². The molecule has 0 fully saturated rings. The van der Waals surface area contributed by atoms with E-state index in [0.717, 1.165) is 17.7 Å². The number of amides is 1. The number of thiophene rings is 1. The van der Waals surface area contributed by atoms with Gasteiger partial charge in [0, 0.05) is 11.0 Å². The van der Waals surface area contributed by atoms with Gasteiger partial charge in [-0.05, 0) is 24.8 Å². The summed E-state index contributed by atoms with van der Waals surface area (Å²) in [5.41, 5.74) is 1.70. The van der Waals surface area contributed by atoms with Crippen molar-refractivity contribution in [1.29, 1.82) is 0 Å². The number of hydrogen-bond acceptors (Lipinski definition) is 2. The molecule has 2 nitrogen and oxygen atoms in total. The summed E-state index contributed by atoms with van der Waals surface area (Å²) >= 11 is 1.57. The Labute approximate surface area is 82.3 Å². The lowest BCUT2D eigenvalue weighted by atomic mass is 10.2. The Balaban J connectivity index is 2.60. The first kappa shape index (κ1) is 9.99. The minimum absolute atomic E-state index is 0.00315. The topological polar surface area (TPSA) is 29.1 Å². The lowest BCUT2D eigenvalue weighted by Crippen LogP contribution is -2.13. The van der Waals surface area contributed by atoms with Gasteiger partial charge in [0.05, 0.1) is 5.69 Å². The summed E-state index contributed by atoms with van der Waals surface area (Å²) in [6.07, 6.45) is 2.62. The zero-order valence-corrected chi connectivity index (χ0v) is 8.65. The van der Waals surface area contributed by atoms with Crippen molar-refractivity contribution in [2.75, 3.05) is 5.32 Å². The van der Waals surface area contributed by atoms with Crippen molar-refractivity contribution in [2.45, 2.75) is 20.3 Å². The Bertz CT molecular complexity index is 301. The summed E-state index contributed by atoms with van der Waals surface area (Å²) in [6, 6.07) is 1.89. The average molecular weight is 195 g/mol. The zero-order valence-electron chi connectivity index (χ0n) is 7.83. The van der Waals surface area contributed by atoms with Gasteiger partial charge in [-0.25, -0.2) is 0 Å². The van der Waals surface area contributed by atoms with E-state index in [-0.39, 0.29) is 5.91 Å². The Morgan fingerprint density at radius 1 is 1.69 bits per heavy atom. The second kappa shape index (κ2) is 4.82. The van der Waals surface area contributed by atoms with Crippen LogP contribution in [0.4, 0.5) is 5.69 Å². The zero-order chi connectivity index (χ0) is 9.68. The number of carbonyl (C=O) groups excluding carboxylic acids is 1. The highest BCUT2D eigenvalue weighted by Gasteiger charge is 2.05. The normalized spacial score (nSPS) is 11.4. The second-order valence-electron chi connectivity index (χ2n) is 2.63. The van der Waals surface area contributed by atoms with Crippen molar-refractivity contribution < 1.29 is 4.79 Å². The molecule has 0 aliphatic heterocycles. The summed E-state index contributed by atoms with van der Waals surface area (Å²) < 4.78 is 0. The second-order valence-corrected chi connectivity index (χ2v) is 3.41. The minimum atomic E-state index is 0.00315. The molecular weight excluding hydrogens is 182 g/mol.